The Labute approximate surface area is 141 Å². The van der Waals surface area contributed by atoms with Crippen LogP contribution in [0.2, 0.25) is 0 Å². The van der Waals surface area contributed by atoms with Gasteiger partial charge >= 0.3 is 0 Å². The summed E-state index contributed by atoms with van der Waals surface area (Å²) < 4.78 is 15.8. The van der Waals surface area contributed by atoms with Crippen molar-refractivity contribution in [2.45, 2.75) is 19.9 Å². The molecule has 0 aliphatic heterocycles. The number of rotatable bonds is 8. The number of pyridine rings is 1. The van der Waals surface area contributed by atoms with Crippen molar-refractivity contribution in [2.24, 2.45) is 0 Å². The molecule has 6 heteroatoms. The van der Waals surface area contributed by atoms with Gasteiger partial charge in [-0.05, 0) is 36.8 Å². The molecule has 0 atom stereocenters. The van der Waals surface area contributed by atoms with Crippen molar-refractivity contribution in [3.8, 4) is 17.4 Å². The van der Waals surface area contributed by atoms with E-state index >= 15 is 0 Å². The number of ether oxygens (including phenoxy) is 3. The predicted molar refractivity (Wildman–Crippen MR) is 90.5 cm³/mol. The zero-order valence-electron chi connectivity index (χ0n) is 14.2. The highest BCUT2D eigenvalue weighted by molar-refractivity contribution is 5.79. The molecular weight excluding hydrogens is 308 g/mol. The fraction of sp³-hybridized carbons (Fsp3) is 0.333. The van der Waals surface area contributed by atoms with E-state index in [1.807, 2.05) is 19.1 Å². The van der Waals surface area contributed by atoms with Crippen molar-refractivity contribution < 1.29 is 19.0 Å². The second-order valence-electron chi connectivity index (χ2n) is 5.07. The predicted octanol–water partition coefficient (Wildman–Crippen LogP) is 2.36. The monoisotopic (exact) mass is 330 g/mol. The minimum atomic E-state index is -0.101. The third-order valence-corrected chi connectivity index (χ3v) is 3.42. The molecule has 6 nitrogen and oxygen atoms in total. The van der Waals surface area contributed by atoms with E-state index in [9.17, 15) is 4.79 Å². The van der Waals surface area contributed by atoms with Gasteiger partial charge in [0.1, 0.15) is 11.5 Å². The van der Waals surface area contributed by atoms with Crippen LogP contribution in [0.1, 0.15) is 18.1 Å². The van der Waals surface area contributed by atoms with E-state index in [1.165, 1.54) is 0 Å². The number of methoxy groups -OCH3 is 2. The van der Waals surface area contributed by atoms with Gasteiger partial charge in [0.2, 0.25) is 11.8 Å². The minimum absolute atomic E-state index is 0.101. The van der Waals surface area contributed by atoms with Crippen LogP contribution < -0.4 is 19.5 Å². The molecule has 0 saturated heterocycles. The van der Waals surface area contributed by atoms with Crippen molar-refractivity contribution in [2.75, 3.05) is 20.8 Å². The smallest absolute Gasteiger partial charge is 0.224 e. The second-order valence-corrected chi connectivity index (χ2v) is 5.07. The molecule has 128 valence electrons. The Morgan fingerprint density at radius 3 is 2.71 bits per heavy atom. The molecule has 1 N–H and O–H groups in total. The summed E-state index contributed by atoms with van der Waals surface area (Å²) in [6, 6.07) is 9.05. The van der Waals surface area contributed by atoms with Crippen molar-refractivity contribution in [1.82, 2.24) is 10.3 Å². The van der Waals surface area contributed by atoms with E-state index in [2.05, 4.69) is 10.3 Å². The summed E-state index contributed by atoms with van der Waals surface area (Å²) in [5.41, 5.74) is 1.71. The van der Waals surface area contributed by atoms with Crippen LogP contribution in [0.4, 0.5) is 0 Å². The van der Waals surface area contributed by atoms with Gasteiger partial charge in [0.15, 0.2) is 0 Å². The Hall–Kier alpha value is -2.76. The standard InChI is InChI=1S/C18H22N2O4/c1-4-24-18-9-13(7-8-19-18)12-20-17(21)11-14-10-15(22-2)5-6-16(14)23-3/h5-10H,4,11-12H2,1-3H3,(H,20,21). The Kier molecular flexibility index (Phi) is 6.42. The lowest BCUT2D eigenvalue weighted by Gasteiger charge is -2.11. The molecule has 0 aliphatic rings. The SMILES string of the molecule is CCOc1cc(CNC(=O)Cc2cc(OC)ccc2OC)ccn1. The molecule has 0 radical (unpaired) electrons. The summed E-state index contributed by atoms with van der Waals surface area (Å²) in [4.78, 5) is 16.3. The number of hydrogen-bond acceptors (Lipinski definition) is 5. The molecule has 0 saturated carbocycles. The van der Waals surface area contributed by atoms with Gasteiger partial charge in [-0.3, -0.25) is 4.79 Å². The molecule has 1 amide bonds. The zero-order valence-corrected chi connectivity index (χ0v) is 14.2. The van der Waals surface area contributed by atoms with Crippen LogP contribution in [0.5, 0.6) is 17.4 Å². The van der Waals surface area contributed by atoms with Crippen LogP contribution in [-0.2, 0) is 17.8 Å². The lowest BCUT2D eigenvalue weighted by molar-refractivity contribution is -0.120. The molecule has 0 unspecified atom stereocenters. The average molecular weight is 330 g/mol. The number of nitrogens with zero attached hydrogens (tertiary/aromatic N) is 1. The van der Waals surface area contributed by atoms with E-state index in [0.717, 1.165) is 11.1 Å². The molecule has 2 aromatic rings. The fourth-order valence-electron chi connectivity index (χ4n) is 2.24. The summed E-state index contributed by atoms with van der Waals surface area (Å²) >= 11 is 0. The summed E-state index contributed by atoms with van der Waals surface area (Å²) in [6.07, 6.45) is 1.88. The normalized spacial score (nSPS) is 10.1. The van der Waals surface area contributed by atoms with E-state index in [4.69, 9.17) is 14.2 Å². The van der Waals surface area contributed by atoms with Crippen LogP contribution >= 0.6 is 0 Å². The molecular formula is C18H22N2O4. The molecule has 1 heterocycles. The van der Waals surface area contributed by atoms with Gasteiger partial charge < -0.3 is 19.5 Å². The molecule has 0 aliphatic carbocycles. The van der Waals surface area contributed by atoms with Crippen molar-refractivity contribution >= 4 is 5.91 Å². The van der Waals surface area contributed by atoms with E-state index < -0.39 is 0 Å². The molecule has 1 aromatic carbocycles. The van der Waals surface area contributed by atoms with Crippen molar-refractivity contribution in [3.05, 3.63) is 47.7 Å². The van der Waals surface area contributed by atoms with Gasteiger partial charge in [-0.1, -0.05) is 0 Å². The average Bonchev–Trinajstić information content (AvgIpc) is 2.60. The maximum Gasteiger partial charge on any atom is 0.224 e. The largest absolute Gasteiger partial charge is 0.497 e. The second kappa shape index (κ2) is 8.76. The molecule has 0 fully saturated rings. The van der Waals surface area contributed by atoms with Crippen LogP contribution in [0.25, 0.3) is 0 Å². The summed E-state index contributed by atoms with van der Waals surface area (Å²) in [5, 5.41) is 2.89. The highest BCUT2D eigenvalue weighted by Gasteiger charge is 2.10. The lowest BCUT2D eigenvalue weighted by atomic mass is 10.1. The Bertz CT molecular complexity index is 688. The maximum atomic E-state index is 12.2. The zero-order chi connectivity index (χ0) is 17.4. The number of hydrogen-bond donors (Lipinski definition) is 1. The number of amides is 1. The summed E-state index contributed by atoms with van der Waals surface area (Å²) in [6.45, 7) is 2.86. The first-order valence-electron chi connectivity index (χ1n) is 7.71. The van der Waals surface area contributed by atoms with Gasteiger partial charge in [-0.25, -0.2) is 4.98 Å². The first-order valence-corrected chi connectivity index (χ1v) is 7.71. The van der Waals surface area contributed by atoms with Crippen molar-refractivity contribution in [3.63, 3.8) is 0 Å². The first-order chi connectivity index (χ1) is 11.7. The van der Waals surface area contributed by atoms with Gasteiger partial charge in [0.25, 0.3) is 0 Å². The van der Waals surface area contributed by atoms with E-state index in [-0.39, 0.29) is 12.3 Å². The molecule has 0 spiro atoms. The molecule has 1 aromatic heterocycles. The molecule has 2 rings (SSSR count). The Balaban J connectivity index is 1.97. The number of carbonyl (C=O) groups is 1. The summed E-state index contributed by atoms with van der Waals surface area (Å²) in [7, 11) is 3.17. The van der Waals surface area contributed by atoms with Gasteiger partial charge in [0, 0.05) is 24.4 Å². The number of nitrogens with one attached hydrogen (secondary N) is 1. The highest BCUT2D eigenvalue weighted by Crippen LogP contribution is 2.24. The van der Waals surface area contributed by atoms with E-state index in [0.29, 0.717) is 30.5 Å². The van der Waals surface area contributed by atoms with Crippen LogP contribution in [0.3, 0.4) is 0 Å². The third-order valence-electron chi connectivity index (χ3n) is 3.42. The lowest BCUT2D eigenvalue weighted by Crippen LogP contribution is -2.24. The number of aromatic nitrogens is 1. The Morgan fingerprint density at radius 2 is 2.00 bits per heavy atom. The first kappa shape index (κ1) is 17.6. The Morgan fingerprint density at radius 1 is 1.17 bits per heavy atom. The third kappa shape index (κ3) is 4.87. The van der Waals surface area contributed by atoms with Crippen LogP contribution in [0, 0.1) is 0 Å². The van der Waals surface area contributed by atoms with Crippen LogP contribution in [-0.4, -0.2) is 31.7 Å². The number of benzene rings is 1. The summed E-state index contributed by atoms with van der Waals surface area (Å²) in [5.74, 6) is 1.80. The number of carbonyl (C=O) groups excluding carboxylic acids is 1. The van der Waals surface area contributed by atoms with Gasteiger partial charge in [0.05, 0.1) is 27.2 Å². The molecule has 24 heavy (non-hydrogen) atoms. The fourth-order valence-corrected chi connectivity index (χ4v) is 2.24. The highest BCUT2D eigenvalue weighted by atomic mass is 16.5. The quantitative estimate of drug-likeness (QED) is 0.804. The maximum absolute atomic E-state index is 12.2. The topological polar surface area (TPSA) is 69.7 Å². The minimum Gasteiger partial charge on any atom is -0.497 e. The molecule has 0 bridgehead atoms. The van der Waals surface area contributed by atoms with Crippen LogP contribution in [0.15, 0.2) is 36.5 Å². The van der Waals surface area contributed by atoms with Gasteiger partial charge in [-0.15, -0.1) is 0 Å². The van der Waals surface area contributed by atoms with Crippen molar-refractivity contribution in [1.29, 1.82) is 0 Å². The van der Waals surface area contributed by atoms with Gasteiger partial charge in [-0.2, -0.15) is 0 Å². The van der Waals surface area contributed by atoms with E-state index in [1.54, 1.807) is 38.6 Å².